The topological polar surface area (TPSA) is 76.7 Å². The summed E-state index contributed by atoms with van der Waals surface area (Å²) in [5.74, 6) is 1.92. The highest BCUT2D eigenvalue weighted by Crippen LogP contribution is 2.31. The minimum absolute atomic E-state index is 0.121. The third-order valence-electron chi connectivity index (χ3n) is 4.11. The minimum Gasteiger partial charge on any atom is -0.493 e. The zero-order valence-corrected chi connectivity index (χ0v) is 15.1. The van der Waals surface area contributed by atoms with Gasteiger partial charge in [0.1, 0.15) is 5.75 Å². The lowest BCUT2D eigenvalue weighted by Crippen LogP contribution is -2.37. The van der Waals surface area contributed by atoms with Crippen molar-refractivity contribution >= 4 is 16.8 Å². The van der Waals surface area contributed by atoms with Crippen molar-refractivity contribution < 1.29 is 8.95 Å². The highest BCUT2D eigenvalue weighted by molar-refractivity contribution is 7.83. The van der Waals surface area contributed by atoms with E-state index in [2.05, 4.69) is 16.4 Å². The number of ether oxygens (including phenoxy) is 1. The van der Waals surface area contributed by atoms with Gasteiger partial charge in [0, 0.05) is 34.8 Å². The van der Waals surface area contributed by atoms with Crippen molar-refractivity contribution in [1.82, 2.24) is 5.32 Å². The first kappa shape index (κ1) is 17.5. The van der Waals surface area contributed by atoms with Gasteiger partial charge in [-0.25, -0.2) is 4.99 Å². The second kappa shape index (κ2) is 8.16. The number of nitrogens with one attached hydrogen (secondary N) is 1. The summed E-state index contributed by atoms with van der Waals surface area (Å²) < 4.78 is 16.9. The lowest BCUT2D eigenvalue weighted by molar-refractivity contribution is 0.262. The van der Waals surface area contributed by atoms with Crippen LogP contribution >= 0.6 is 0 Å². The molecule has 6 heteroatoms. The van der Waals surface area contributed by atoms with E-state index in [0.717, 1.165) is 28.9 Å². The van der Waals surface area contributed by atoms with Crippen LogP contribution in [0.5, 0.6) is 5.75 Å². The molecule has 1 aliphatic rings. The molecule has 1 heterocycles. The molecular formula is C19H23N3O2S. The van der Waals surface area contributed by atoms with E-state index in [0.29, 0.717) is 24.9 Å². The van der Waals surface area contributed by atoms with Gasteiger partial charge < -0.3 is 15.8 Å². The Morgan fingerprint density at radius 3 is 2.72 bits per heavy atom. The molecule has 0 amide bonds. The van der Waals surface area contributed by atoms with Gasteiger partial charge in [-0.05, 0) is 17.2 Å². The summed E-state index contributed by atoms with van der Waals surface area (Å²) in [5.41, 5.74) is 9.32. The van der Waals surface area contributed by atoms with Gasteiger partial charge in [0.2, 0.25) is 0 Å². The van der Waals surface area contributed by atoms with Gasteiger partial charge in [-0.2, -0.15) is 0 Å². The zero-order valence-electron chi connectivity index (χ0n) is 14.3. The molecule has 0 saturated carbocycles. The number of nitrogens with zero attached hydrogens (tertiary/aromatic N) is 1. The van der Waals surface area contributed by atoms with Crippen LogP contribution in [0.4, 0.5) is 0 Å². The van der Waals surface area contributed by atoms with Gasteiger partial charge in [0.25, 0.3) is 0 Å². The van der Waals surface area contributed by atoms with Crippen LogP contribution in [0.2, 0.25) is 0 Å². The van der Waals surface area contributed by atoms with Crippen LogP contribution < -0.4 is 15.8 Å². The molecule has 0 aromatic heterocycles. The first-order chi connectivity index (χ1) is 12.1. The van der Waals surface area contributed by atoms with E-state index in [1.54, 1.807) is 6.26 Å². The Kier molecular flexibility index (Phi) is 5.71. The van der Waals surface area contributed by atoms with Gasteiger partial charge in [-0.1, -0.05) is 42.5 Å². The smallest absolute Gasteiger partial charge is 0.189 e. The first-order valence-corrected chi connectivity index (χ1v) is 10.0. The predicted octanol–water partition coefficient (Wildman–Crippen LogP) is 2.49. The Morgan fingerprint density at radius 1 is 1.24 bits per heavy atom. The van der Waals surface area contributed by atoms with Crippen LogP contribution in [0.25, 0.3) is 0 Å². The molecule has 2 atom stereocenters. The second-order valence-electron chi connectivity index (χ2n) is 6.11. The zero-order chi connectivity index (χ0) is 17.6. The van der Waals surface area contributed by atoms with Crippen molar-refractivity contribution in [2.45, 2.75) is 24.8 Å². The fraction of sp³-hybridized carbons (Fsp3) is 0.316. The number of para-hydroxylation sites is 1. The largest absolute Gasteiger partial charge is 0.493 e. The maximum atomic E-state index is 11.2. The van der Waals surface area contributed by atoms with Crippen molar-refractivity contribution in [3.63, 3.8) is 0 Å². The molecule has 132 valence electrons. The molecule has 3 rings (SSSR count). The maximum Gasteiger partial charge on any atom is 0.189 e. The van der Waals surface area contributed by atoms with Crippen LogP contribution in [-0.4, -0.2) is 23.0 Å². The molecular weight excluding hydrogens is 334 g/mol. The summed E-state index contributed by atoms with van der Waals surface area (Å²) >= 11 is 0. The van der Waals surface area contributed by atoms with E-state index in [1.807, 2.05) is 42.5 Å². The monoisotopic (exact) mass is 357 g/mol. The average Bonchev–Trinajstić information content (AvgIpc) is 2.61. The maximum absolute atomic E-state index is 11.2. The molecule has 25 heavy (non-hydrogen) atoms. The van der Waals surface area contributed by atoms with Crippen molar-refractivity contribution in [2.75, 3.05) is 12.9 Å². The summed E-state index contributed by atoms with van der Waals surface area (Å²) in [4.78, 5) is 4.43. The highest BCUT2D eigenvalue weighted by Gasteiger charge is 2.21. The summed E-state index contributed by atoms with van der Waals surface area (Å²) in [5, 5.41) is 3.29. The van der Waals surface area contributed by atoms with E-state index in [-0.39, 0.29) is 6.04 Å². The SMILES string of the molecule is CS(=O)Cc1ccc(CN=C(N)NC2CCOc3ccccc32)cc1. The molecule has 2 aromatic rings. The molecule has 0 spiro atoms. The summed E-state index contributed by atoms with van der Waals surface area (Å²) in [6.45, 7) is 1.18. The molecule has 0 fully saturated rings. The van der Waals surface area contributed by atoms with Gasteiger partial charge in [0.05, 0.1) is 19.2 Å². The van der Waals surface area contributed by atoms with E-state index >= 15 is 0 Å². The fourth-order valence-corrected chi connectivity index (χ4v) is 3.53. The van der Waals surface area contributed by atoms with E-state index in [1.165, 1.54) is 0 Å². The number of guanidine groups is 1. The average molecular weight is 357 g/mol. The fourth-order valence-electron chi connectivity index (χ4n) is 2.87. The quantitative estimate of drug-likeness (QED) is 0.637. The highest BCUT2D eigenvalue weighted by atomic mass is 32.2. The van der Waals surface area contributed by atoms with Crippen molar-refractivity contribution in [3.8, 4) is 5.75 Å². The van der Waals surface area contributed by atoms with Crippen LogP contribution in [-0.2, 0) is 23.1 Å². The summed E-state index contributed by atoms with van der Waals surface area (Å²) in [7, 11) is -0.825. The first-order valence-electron chi connectivity index (χ1n) is 8.28. The minimum atomic E-state index is -0.825. The third-order valence-corrected chi connectivity index (χ3v) is 4.85. The van der Waals surface area contributed by atoms with Crippen molar-refractivity contribution in [2.24, 2.45) is 10.7 Å². The van der Waals surface area contributed by atoms with E-state index in [4.69, 9.17) is 10.5 Å². The number of rotatable bonds is 5. The molecule has 0 radical (unpaired) electrons. The Bertz CT molecular complexity index is 774. The molecule has 0 saturated heterocycles. The van der Waals surface area contributed by atoms with Gasteiger partial charge in [0.15, 0.2) is 5.96 Å². The van der Waals surface area contributed by atoms with Crippen LogP contribution in [0.1, 0.15) is 29.2 Å². The third kappa shape index (κ3) is 4.82. The lowest BCUT2D eigenvalue weighted by Gasteiger charge is -2.26. The number of hydrogen-bond donors (Lipinski definition) is 2. The molecule has 2 unspecified atom stereocenters. The molecule has 1 aliphatic heterocycles. The predicted molar refractivity (Wildman–Crippen MR) is 102 cm³/mol. The van der Waals surface area contributed by atoms with E-state index < -0.39 is 10.8 Å². The Balaban J connectivity index is 1.60. The number of fused-ring (bicyclic) bond motifs is 1. The molecule has 2 aromatic carbocycles. The second-order valence-corrected chi connectivity index (χ2v) is 7.54. The molecule has 3 N–H and O–H groups in total. The standard InChI is InChI=1S/C19H23N3O2S/c1-25(23)13-15-8-6-14(7-9-15)12-21-19(20)22-17-10-11-24-18-5-3-2-4-16(17)18/h2-9,17H,10-13H2,1H3,(H3,20,21,22). The molecule has 0 aliphatic carbocycles. The van der Waals surface area contributed by atoms with Crippen LogP contribution in [0.3, 0.4) is 0 Å². The lowest BCUT2D eigenvalue weighted by atomic mass is 10.0. The Morgan fingerprint density at radius 2 is 1.96 bits per heavy atom. The van der Waals surface area contributed by atoms with E-state index in [9.17, 15) is 4.21 Å². The van der Waals surface area contributed by atoms with Gasteiger partial charge in [-0.3, -0.25) is 4.21 Å². The number of benzene rings is 2. The van der Waals surface area contributed by atoms with Crippen LogP contribution in [0, 0.1) is 0 Å². The van der Waals surface area contributed by atoms with Crippen molar-refractivity contribution in [3.05, 3.63) is 65.2 Å². The van der Waals surface area contributed by atoms with Crippen molar-refractivity contribution in [1.29, 1.82) is 0 Å². The molecule has 0 bridgehead atoms. The number of hydrogen-bond acceptors (Lipinski definition) is 3. The normalized spacial score (nSPS) is 18.1. The summed E-state index contributed by atoms with van der Waals surface area (Å²) in [6, 6.07) is 16.1. The van der Waals surface area contributed by atoms with Gasteiger partial charge in [-0.15, -0.1) is 0 Å². The molecule has 5 nitrogen and oxygen atoms in total. The Hall–Kier alpha value is -2.34. The Labute approximate surface area is 150 Å². The number of aliphatic imine (C=N–C) groups is 1. The summed E-state index contributed by atoms with van der Waals surface area (Å²) in [6.07, 6.45) is 2.56. The number of nitrogens with two attached hydrogens (primary N) is 1. The van der Waals surface area contributed by atoms with Gasteiger partial charge >= 0.3 is 0 Å². The van der Waals surface area contributed by atoms with Crippen LogP contribution in [0.15, 0.2) is 53.5 Å².